The van der Waals surface area contributed by atoms with Gasteiger partial charge in [0.15, 0.2) is 0 Å². The monoisotopic (exact) mass is 411 g/mol. The number of esters is 2. The number of anilines is 2. The van der Waals surface area contributed by atoms with Gasteiger partial charge in [-0.25, -0.2) is 9.59 Å². The number of rotatable bonds is 5. The van der Waals surface area contributed by atoms with E-state index in [4.69, 9.17) is 9.47 Å². The molecule has 0 atom stereocenters. The Morgan fingerprint density at radius 1 is 0.933 bits per heavy atom. The third-order valence-corrected chi connectivity index (χ3v) is 5.58. The highest BCUT2D eigenvalue weighted by molar-refractivity contribution is 6.05. The number of piperidine rings is 1. The summed E-state index contributed by atoms with van der Waals surface area (Å²) in [6.45, 7) is 2.02. The van der Waals surface area contributed by atoms with Gasteiger partial charge in [0.2, 0.25) is 0 Å². The van der Waals surface area contributed by atoms with Crippen LogP contribution in [-0.4, -0.2) is 64.3 Å². The summed E-state index contributed by atoms with van der Waals surface area (Å²) < 4.78 is 9.80. The van der Waals surface area contributed by atoms with E-state index in [0.29, 0.717) is 6.04 Å². The summed E-state index contributed by atoms with van der Waals surface area (Å²) in [4.78, 5) is 31.1. The van der Waals surface area contributed by atoms with Crippen LogP contribution in [0.1, 0.15) is 12.8 Å². The topological polar surface area (TPSA) is 62.3 Å². The molecule has 0 aromatic heterocycles. The van der Waals surface area contributed by atoms with Gasteiger partial charge < -0.3 is 24.2 Å². The molecule has 0 N–H and O–H groups in total. The van der Waals surface area contributed by atoms with Crippen LogP contribution < -0.4 is 9.80 Å². The maximum atomic E-state index is 12.5. The minimum Gasteiger partial charge on any atom is -0.465 e. The van der Waals surface area contributed by atoms with Gasteiger partial charge in [0, 0.05) is 36.7 Å². The van der Waals surface area contributed by atoms with E-state index < -0.39 is 11.9 Å². The highest BCUT2D eigenvalue weighted by atomic mass is 16.5. The van der Waals surface area contributed by atoms with E-state index in [1.807, 2.05) is 24.3 Å². The Balaban J connectivity index is 1.87. The second kappa shape index (κ2) is 9.63. The summed E-state index contributed by atoms with van der Waals surface area (Å²) in [5.41, 5.74) is 2.16. The lowest BCUT2D eigenvalue weighted by atomic mass is 10.0. The quantitative estimate of drug-likeness (QED) is 0.691. The Bertz CT molecular complexity index is 863. The standard InChI is InChI=1S/C23H29N3O4/c1-24(2)17-12-15-25(16-13-17)18-8-10-19(11-9-18)26-14-6-5-7-20(22(27)29-3)21(26)23(28)30-4/h5-11,14,17H,12-13,15-16H2,1-4H3. The minimum atomic E-state index is -0.610. The SMILES string of the molecule is COC(=O)C1=C(C(=O)OC)N(c2ccc(N3CCC(N(C)C)CC3)cc2)C=CC=C1. The molecule has 0 spiro atoms. The average Bonchev–Trinajstić information content (AvgIpc) is 3.01. The Morgan fingerprint density at radius 3 is 2.10 bits per heavy atom. The first-order valence-corrected chi connectivity index (χ1v) is 10.0. The number of carbonyl (C=O) groups is 2. The van der Waals surface area contributed by atoms with Gasteiger partial charge in [-0.2, -0.15) is 0 Å². The molecule has 1 saturated heterocycles. The maximum absolute atomic E-state index is 12.5. The molecule has 7 nitrogen and oxygen atoms in total. The van der Waals surface area contributed by atoms with Crippen molar-refractivity contribution in [2.24, 2.45) is 0 Å². The molecule has 0 aliphatic carbocycles. The lowest BCUT2D eigenvalue weighted by Crippen LogP contribution is -2.41. The predicted molar refractivity (Wildman–Crippen MR) is 117 cm³/mol. The lowest BCUT2D eigenvalue weighted by molar-refractivity contribution is -0.139. The van der Waals surface area contributed by atoms with E-state index in [1.165, 1.54) is 14.2 Å². The summed E-state index contributed by atoms with van der Waals surface area (Å²) in [7, 11) is 6.84. The molecule has 2 aliphatic rings. The molecular formula is C23H29N3O4. The number of hydrogen-bond donors (Lipinski definition) is 0. The summed E-state index contributed by atoms with van der Waals surface area (Å²) >= 11 is 0. The second-order valence-corrected chi connectivity index (χ2v) is 7.51. The molecule has 3 rings (SSSR count). The molecule has 30 heavy (non-hydrogen) atoms. The van der Waals surface area contributed by atoms with Crippen molar-refractivity contribution in [2.45, 2.75) is 18.9 Å². The van der Waals surface area contributed by atoms with Gasteiger partial charge in [-0.15, -0.1) is 0 Å². The molecule has 160 valence electrons. The molecule has 1 aromatic rings. The van der Waals surface area contributed by atoms with Crippen LogP contribution in [-0.2, 0) is 19.1 Å². The van der Waals surface area contributed by atoms with Gasteiger partial charge in [0.1, 0.15) is 5.70 Å². The Hall–Kier alpha value is -3.06. The molecule has 1 fully saturated rings. The smallest absolute Gasteiger partial charge is 0.355 e. The molecule has 2 heterocycles. The van der Waals surface area contributed by atoms with Crippen LogP contribution in [0.5, 0.6) is 0 Å². The number of allylic oxidation sites excluding steroid dienone is 2. The molecule has 0 unspecified atom stereocenters. The second-order valence-electron chi connectivity index (χ2n) is 7.51. The Kier molecular flexibility index (Phi) is 6.95. The fraction of sp³-hybridized carbons (Fsp3) is 0.391. The van der Waals surface area contributed by atoms with Crippen molar-refractivity contribution in [2.75, 3.05) is 51.2 Å². The highest BCUT2D eigenvalue weighted by Gasteiger charge is 2.27. The predicted octanol–water partition coefficient (Wildman–Crippen LogP) is 2.71. The van der Waals surface area contributed by atoms with Crippen molar-refractivity contribution < 1.29 is 19.1 Å². The molecule has 0 amide bonds. The molecule has 1 aromatic carbocycles. The fourth-order valence-electron chi connectivity index (χ4n) is 3.83. The van der Waals surface area contributed by atoms with Crippen molar-refractivity contribution >= 4 is 23.3 Å². The van der Waals surface area contributed by atoms with Crippen LogP contribution in [0.15, 0.2) is 60.0 Å². The molecule has 2 aliphatic heterocycles. The number of nitrogens with zero attached hydrogens (tertiary/aromatic N) is 3. The largest absolute Gasteiger partial charge is 0.465 e. The van der Waals surface area contributed by atoms with Crippen molar-refractivity contribution in [1.82, 2.24) is 4.90 Å². The van der Waals surface area contributed by atoms with E-state index >= 15 is 0 Å². The zero-order valence-corrected chi connectivity index (χ0v) is 18.0. The fourth-order valence-corrected chi connectivity index (χ4v) is 3.83. The number of benzene rings is 1. The van der Waals surface area contributed by atoms with E-state index in [-0.39, 0.29) is 11.3 Å². The first-order valence-electron chi connectivity index (χ1n) is 10.0. The average molecular weight is 412 g/mol. The number of ether oxygens (including phenoxy) is 2. The van der Waals surface area contributed by atoms with E-state index in [9.17, 15) is 9.59 Å². The van der Waals surface area contributed by atoms with Gasteiger partial charge in [0.05, 0.1) is 19.8 Å². The summed E-state index contributed by atoms with van der Waals surface area (Å²) in [6, 6.07) is 8.61. The van der Waals surface area contributed by atoms with E-state index in [2.05, 4.69) is 23.9 Å². The third-order valence-electron chi connectivity index (χ3n) is 5.58. The number of carbonyl (C=O) groups excluding carboxylic acids is 2. The number of methoxy groups -OCH3 is 2. The minimum absolute atomic E-state index is 0.119. The van der Waals surface area contributed by atoms with Crippen molar-refractivity contribution in [3.05, 3.63) is 60.0 Å². The summed E-state index contributed by atoms with van der Waals surface area (Å²) in [5.74, 6) is -1.21. The van der Waals surface area contributed by atoms with Crippen molar-refractivity contribution in [3.63, 3.8) is 0 Å². The van der Waals surface area contributed by atoms with Crippen molar-refractivity contribution in [1.29, 1.82) is 0 Å². The molecular weight excluding hydrogens is 382 g/mol. The van der Waals surface area contributed by atoms with Crippen LogP contribution in [0.4, 0.5) is 11.4 Å². The Morgan fingerprint density at radius 2 is 1.53 bits per heavy atom. The van der Waals surface area contributed by atoms with Crippen LogP contribution in [0.2, 0.25) is 0 Å². The van der Waals surface area contributed by atoms with Crippen LogP contribution >= 0.6 is 0 Å². The van der Waals surface area contributed by atoms with Crippen LogP contribution in [0, 0.1) is 0 Å². The number of hydrogen-bond acceptors (Lipinski definition) is 7. The zero-order chi connectivity index (χ0) is 21.7. The van der Waals surface area contributed by atoms with Gasteiger partial charge in [-0.3, -0.25) is 0 Å². The first-order chi connectivity index (χ1) is 14.5. The van der Waals surface area contributed by atoms with Crippen LogP contribution in [0.3, 0.4) is 0 Å². The van der Waals surface area contributed by atoms with Gasteiger partial charge in [0.25, 0.3) is 0 Å². The van der Waals surface area contributed by atoms with Crippen LogP contribution in [0.25, 0.3) is 0 Å². The normalized spacial score (nSPS) is 17.4. The molecule has 0 saturated carbocycles. The molecule has 0 bridgehead atoms. The van der Waals surface area contributed by atoms with Gasteiger partial charge in [-0.05, 0) is 63.4 Å². The van der Waals surface area contributed by atoms with E-state index in [0.717, 1.165) is 37.3 Å². The Labute approximate surface area is 177 Å². The van der Waals surface area contributed by atoms with E-state index in [1.54, 1.807) is 29.3 Å². The third kappa shape index (κ3) is 4.57. The molecule has 7 heteroatoms. The maximum Gasteiger partial charge on any atom is 0.355 e. The zero-order valence-electron chi connectivity index (χ0n) is 18.0. The first kappa shape index (κ1) is 21.6. The summed E-state index contributed by atoms with van der Waals surface area (Å²) in [5, 5.41) is 0. The summed E-state index contributed by atoms with van der Waals surface area (Å²) in [6.07, 6.45) is 9.01. The van der Waals surface area contributed by atoms with Crippen molar-refractivity contribution in [3.8, 4) is 0 Å². The lowest BCUT2D eigenvalue weighted by Gasteiger charge is -2.36. The van der Waals surface area contributed by atoms with Gasteiger partial charge in [-0.1, -0.05) is 6.08 Å². The molecule has 0 radical (unpaired) electrons. The van der Waals surface area contributed by atoms with Gasteiger partial charge >= 0.3 is 11.9 Å². The highest BCUT2D eigenvalue weighted by Crippen LogP contribution is 2.29.